The molecule has 2 N–H and O–H groups in total. The van der Waals surface area contributed by atoms with Crippen LogP contribution in [0.25, 0.3) is 0 Å². The van der Waals surface area contributed by atoms with E-state index in [0.29, 0.717) is 12.0 Å². The SMILES string of the molecule is CC[C@H](C)C(=O)O[C@@H]1OC[C@]23[C@@H]4C(=O)C[C@]5(C)[C@H](c6ccoc6)C(=O)C[C@@H]5[C@@]4(C)[C@H](O)C[C@H]2[C@@]1(C)[C@@H](OC(C)=O)[C@@H](OC(C)=O)[C@@H]3O. The Hall–Kier alpha value is -3.09. The molecule has 12 heteroatoms. The van der Waals surface area contributed by atoms with E-state index in [1.807, 2.05) is 20.8 Å². The number of furan rings is 1. The number of fused-ring (bicyclic) bond motifs is 3. The molecule has 1 aromatic rings. The van der Waals surface area contributed by atoms with Gasteiger partial charge in [0, 0.05) is 49.0 Å². The Bertz CT molecular complexity index is 1470. The van der Waals surface area contributed by atoms with Gasteiger partial charge in [0.25, 0.3) is 0 Å². The van der Waals surface area contributed by atoms with Crippen LogP contribution in [0.15, 0.2) is 23.0 Å². The maximum absolute atomic E-state index is 14.8. The molecule has 12 nitrogen and oxygen atoms in total. The maximum Gasteiger partial charge on any atom is 0.310 e. The van der Waals surface area contributed by atoms with Crippen molar-refractivity contribution >= 4 is 29.5 Å². The molecule has 5 fully saturated rings. The third-order valence-electron chi connectivity index (χ3n) is 13.0. The standard InChI is InChI=1S/C35H46O12/c1-8-16(2)30(42)47-31-34(7)23-12-24(40)33(6)22-11-20(38)25(19-9-10-43-14-19)32(22,5)13-21(39)27(33)35(23,15-44-31)28(41)26(45-17(3)36)29(34)46-18(4)37/h9-10,14,16,22-29,31,40-41H,8,11-13,15H2,1-7H3/t16-,22-,23-,24+,25+,26-,27+,28-,29-,31-,32-,33-,34-,35+/m0/s1. The predicted molar refractivity (Wildman–Crippen MR) is 161 cm³/mol. The van der Waals surface area contributed by atoms with Crippen LogP contribution < -0.4 is 0 Å². The summed E-state index contributed by atoms with van der Waals surface area (Å²) in [4.78, 5) is 66.9. The van der Waals surface area contributed by atoms with Gasteiger partial charge in [0.1, 0.15) is 17.7 Å². The lowest BCUT2D eigenvalue weighted by Crippen LogP contribution is -2.82. The lowest BCUT2D eigenvalue weighted by molar-refractivity contribution is -0.388. The summed E-state index contributed by atoms with van der Waals surface area (Å²) in [6.45, 7) is 11.0. The van der Waals surface area contributed by atoms with Crippen LogP contribution in [0.2, 0.25) is 0 Å². The molecule has 1 aliphatic heterocycles. The highest BCUT2D eigenvalue weighted by molar-refractivity contribution is 5.94. The number of Topliss-reactive ketones (excluding diaryl/α,β-unsaturated/α-hetero) is 2. The number of carbonyl (C=O) groups excluding carboxylic acids is 5. The summed E-state index contributed by atoms with van der Waals surface area (Å²) < 4.78 is 29.2. The molecule has 258 valence electrons. The molecule has 1 saturated heterocycles. The van der Waals surface area contributed by atoms with Gasteiger partial charge in [-0.15, -0.1) is 0 Å². The van der Waals surface area contributed by atoms with Gasteiger partial charge >= 0.3 is 17.9 Å². The molecule has 47 heavy (non-hydrogen) atoms. The van der Waals surface area contributed by atoms with Crippen molar-refractivity contribution in [2.45, 2.75) is 111 Å². The molecular weight excluding hydrogens is 612 g/mol. The molecule has 2 heterocycles. The minimum absolute atomic E-state index is 0.0102. The van der Waals surface area contributed by atoms with Crippen LogP contribution in [0, 0.1) is 45.3 Å². The predicted octanol–water partition coefficient (Wildman–Crippen LogP) is 3.11. The zero-order chi connectivity index (χ0) is 34.4. The van der Waals surface area contributed by atoms with Gasteiger partial charge in [0.15, 0.2) is 12.2 Å². The average molecular weight is 659 g/mol. The average Bonchev–Trinajstić information content (AvgIpc) is 3.60. The maximum atomic E-state index is 14.8. The van der Waals surface area contributed by atoms with Crippen molar-refractivity contribution in [3.05, 3.63) is 24.2 Å². The Kier molecular flexibility index (Phi) is 8.08. The van der Waals surface area contributed by atoms with E-state index in [0.717, 1.165) is 0 Å². The normalized spacial score (nSPS) is 46.0. The second-order valence-electron chi connectivity index (χ2n) is 15.4. The monoisotopic (exact) mass is 658 g/mol. The van der Waals surface area contributed by atoms with E-state index in [4.69, 9.17) is 23.4 Å². The van der Waals surface area contributed by atoms with Gasteiger partial charge in [0.05, 0.1) is 42.5 Å². The quantitative estimate of drug-likeness (QED) is 0.338. The number of esters is 3. The summed E-state index contributed by atoms with van der Waals surface area (Å²) in [6, 6.07) is 1.73. The van der Waals surface area contributed by atoms with E-state index in [2.05, 4.69) is 0 Å². The molecule has 6 rings (SSSR count). The van der Waals surface area contributed by atoms with Crippen molar-refractivity contribution in [2.75, 3.05) is 6.61 Å². The molecule has 14 atom stereocenters. The Labute approximate surface area is 273 Å². The van der Waals surface area contributed by atoms with Crippen LogP contribution in [-0.4, -0.2) is 77.0 Å². The molecule has 1 aromatic heterocycles. The molecule has 0 radical (unpaired) electrons. The second kappa shape index (κ2) is 11.2. The number of carbonyl (C=O) groups is 5. The lowest BCUT2D eigenvalue weighted by atomic mass is 9.34. The second-order valence-corrected chi connectivity index (χ2v) is 15.4. The zero-order valence-electron chi connectivity index (χ0n) is 28.0. The Morgan fingerprint density at radius 3 is 2.28 bits per heavy atom. The van der Waals surface area contributed by atoms with Gasteiger partial charge < -0.3 is 33.6 Å². The van der Waals surface area contributed by atoms with Crippen LogP contribution in [-0.2, 0) is 42.9 Å². The van der Waals surface area contributed by atoms with Crippen molar-refractivity contribution in [3.63, 3.8) is 0 Å². The third-order valence-corrected chi connectivity index (χ3v) is 13.0. The number of aliphatic hydroxyl groups is 2. The summed E-state index contributed by atoms with van der Waals surface area (Å²) in [7, 11) is 0. The molecule has 0 aromatic carbocycles. The fourth-order valence-electron chi connectivity index (χ4n) is 11.0. The Balaban J connectivity index is 1.53. The first kappa shape index (κ1) is 33.8. The molecule has 2 bridgehead atoms. The number of ketones is 2. The van der Waals surface area contributed by atoms with E-state index in [1.165, 1.54) is 26.4 Å². The van der Waals surface area contributed by atoms with E-state index in [-0.39, 0.29) is 37.4 Å². The van der Waals surface area contributed by atoms with Crippen LogP contribution in [0.4, 0.5) is 0 Å². The minimum Gasteiger partial charge on any atom is -0.472 e. The summed E-state index contributed by atoms with van der Waals surface area (Å²) in [5, 5.41) is 24.8. The third kappa shape index (κ3) is 4.46. The van der Waals surface area contributed by atoms with Crippen molar-refractivity contribution in [2.24, 2.45) is 45.3 Å². The number of hydrogen-bond donors (Lipinski definition) is 2. The number of hydrogen-bond acceptors (Lipinski definition) is 12. The summed E-state index contributed by atoms with van der Waals surface area (Å²) >= 11 is 0. The summed E-state index contributed by atoms with van der Waals surface area (Å²) in [5.74, 6) is -5.76. The molecule has 5 aliphatic rings. The molecular formula is C35H46O12. The zero-order valence-corrected chi connectivity index (χ0v) is 28.0. The van der Waals surface area contributed by atoms with Crippen molar-refractivity contribution in [1.82, 2.24) is 0 Å². The molecule has 4 aliphatic carbocycles. The van der Waals surface area contributed by atoms with E-state index in [1.54, 1.807) is 19.9 Å². The van der Waals surface area contributed by atoms with Crippen LogP contribution in [0.5, 0.6) is 0 Å². The number of rotatable bonds is 6. The highest BCUT2D eigenvalue weighted by atomic mass is 16.7. The molecule has 4 saturated carbocycles. The Morgan fingerprint density at radius 2 is 1.68 bits per heavy atom. The highest BCUT2D eigenvalue weighted by Crippen LogP contribution is 2.75. The molecule has 0 spiro atoms. The smallest absolute Gasteiger partial charge is 0.310 e. The Morgan fingerprint density at radius 1 is 1.00 bits per heavy atom. The summed E-state index contributed by atoms with van der Waals surface area (Å²) in [6.07, 6.45) is -3.24. The van der Waals surface area contributed by atoms with Crippen molar-refractivity contribution < 1.29 is 57.6 Å². The van der Waals surface area contributed by atoms with Gasteiger partial charge in [0.2, 0.25) is 6.29 Å². The summed E-state index contributed by atoms with van der Waals surface area (Å²) in [5.41, 5.74) is -4.33. The van der Waals surface area contributed by atoms with Crippen LogP contribution in [0.3, 0.4) is 0 Å². The van der Waals surface area contributed by atoms with E-state index in [9.17, 15) is 34.2 Å². The van der Waals surface area contributed by atoms with E-state index >= 15 is 0 Å². The van der Waals surface area contributed by atoms with Crippen molar-refractivity contribution in [3.8, 4) is 0 Å². The van der Waals surface area contributed by atoms with Gasteiger partial charge in [-0.3, -0.25) is 24.0 Å². The largest absolute Gasteiger partial charge is 0.472 e. The first-order chi connectivity index (χ1) is 22.0. The number of aliphatic hydroxyl groups excluding tert-OH is 2. The fraction of sp³-hybridized carbons (Fsp3) is 0.743. The lowest BCUT2D eigenvalue weighted by Gasteiger charge is -2.73. The minimum atomic E-state index is -1.58. The van der Waals surface area contributed by atoms with Crippen molar-refractivity contribution in [1.29, 1.82) is 0 Å². The van der Waals surface area contributed by atoms with Crippen LogP contribution in [0.1, 0.15) is 85.6 Å². The molecule has 0 unspecified atom stereocenters. The van der Waals surface area contributed by atoms with Crippen LogP contribution >= 0.6 is 0 Å². The van der Waals surface area contributed by atoms with Gasteiger partial charge in [-0.05, 0) is 43.1 Å². The highest BCUT2D eigenvalue weighted by Gasteiger charge is 2.82. The van der Waals surface area contributed by atoms with Gasteiger partial charge in [-0.25, -0.2) is 0 Å². The fourth-order valence-corrected chi connectivity index (χ4v) is 11.0. The van der Waals surface area contributed by atoms with Gasteiger partial charge in [-0.2, -0.15) is 0 Å². The number of ether oxygens (including phenoxy) is 4. The molecule has 0 amide bonds. The first-order valence-corrected chi connectivity index (χ1v) is 16.6. The first-order valence-electron chi connectivity index (χ1n) is 16.6. The van der Waals surface area contributed by atoms with Gasteiger partial charge in [-0.1, -0.05) is 27.7 Å². The van der Waals surface area contributed by atoms with E-state index < -0.39 is 99.9 Å². The topological polar surface area (TPSA) is 176 Å².